The first-order valence-electron chi connectivity index (χ1n) is 7.35. The van der Waals surface area contributed by atoms with Crippen molar-refractivity contribution >= 4 is 17.9 Å². The molecule has 20 heavy (non-hydrogen) atoms. The fourth-order valence-corrected chi connectivity index (χ4v) is 3.26. The molecule has 0 bridgehead atoms. The number of hydrogen-bond acceptors (Lipinski definition) is 5. The molecule has 0 spiro atoms. The van der Waals surface area contributed by atoms with Crippen molar-refractivity contribution in [2.45, 2.75) is 51.8 Å². The van der Waals surface area contributed by atoms with Crippen LogP contribution in [0.1, 0.15) is 34.1 Å². The van der Waals surface area contributed by atoms with Crippen LogP contribution in [0.25, 0.3) is 0 Å². The molecule has 3 N–H and O–H groups in total. The number of ether oxygens (including phenoxy) is 1. The highest BCUT2D eigenvalue weighted by Crippen LogP contribution is 2.14. The summed E-state index contributed by atoms with van der Waals surface area (Å²) in [6.45, 7) is 10.2. The van der Waals surface area contributed by atoms with Crippen LogP contribution in [0.4, 0.5) is 4.79 Å². The molecular formula is C14H29N3O2S. The monoisotopic (exact) mass is 303 g/mol. The molecule has 1 amide bonds. The van der Waals surface area contributed by atoms with Gasteiger partial charge in [0, 0.05) is 30.9 Å². The van der Waals surface area contributed by atoms with E-state index in [0.717, 1.165) is 18.8 Å². The maximum Gasteiger partial charge on any atom is 0.407 e. The molecule has 1 aliphatic rings. The highest BCUT2D eigenvalue weighted by Gasteiger charge is 2.26. The Balaban J connectivity index is 2.53. The van der Waals surface area contributed by atoms with Crippen molar-refractivity contribution in [2.24, 2.45) is 5.73 Å². The van der Waals surface area contributed by atoms with Crippen molar-refractivity contribution in [1.82, 2.24) is 10.2 Å². The fraction of sp³-hybridized carbons (Fsp3) is 0.929. The Labute approximate surface area is 127 Å². The number of nitrogens with zero attached hydrogens (tertiary/aromatic N) is 1. The van der Waals surface area contributed by atoms with Crippen LogP contribution in [0.2, 0.25) is 0 Å². The first kappa shape index (κ1) is 17.6. The lowest BCUT2D eigenvalue weighted by Crippen LogP contribution is -2.55. The summed E-state index contributed by atoms with van der Waals surface area (Å²) < 4.78 is 5.30. The normalized spacial score (nSPS) is 20.9. The summed E-state index contributed by atoms with van der Waals surface area (Å²) in [5, 5.41) is 2.92. The molecule has 0 aromatic heterocycles. The summed E-state index contributed by atoms with van der Waals surface area (Å²) in [5.74, 6) is 2.34. The molecule has 6 heteroatoms. The van der Waals surface area contributed by atoms with Gasteiger partial charge < -0.3 is 15.8 Å². The van der Waals surface area contributed by atoms with Gasteiger partial charge in [-0.25, -0.2) is 4.79 Å². The Morgan fingerprint density at radius 2 is 2.10 bits per heavy atom. The standard InChI is InChI=1S/C14H29N3O2S/c1-11(16-13(18)19-14(2,3)4)12(10-15)17-6-5-8-20-9-7-17/h11-12H,5-10,15H2,1-4H3,(H,16,18). The molecule has 1 fully saturated rings. The molecule has 1 heterocycles. The quantitative estimate of drug-likeness (QED) is 0.827. The van der Waals surface area contributed by atoms with Gasteiger partial charge in [-0.15, -0.1) is 0 Å². The van der Waals surface area contributed by atoms with Crippen LogP contribution in [0.3, 0.4) is 0 Å². The van der Waals surface area contributed by atoms with Crippen LogP contribution in [-0.4, -0.2) is 59.8 Å². The van der Waals surface area contributed by atoms with Crippen molar-refractivity contribution in [2.75, 3.05) is 31.1 Å². The van der Waals surface area contributed by atoms with E-state index in [1.165, 1.54) is 12.2 Å². The zero-order chi connectivity index (χ0) is 15.2. The third-order valence-electron chi connectivity index (χ3n) is 3.29. The minimum absolute atomic E-state index is 0.0158. The molecule has 1 aliphatic heterocycles. The Hall–Kier alpha value is -0.460. The molecule has 0 saturated carbocycles. The fourth-order valence-electron chi connectivity index (χ4n) is 2.36. The maximum atomic E-state index is 11.8. The van der Waals surface area contributed by atoms with Crippen LogP contribution >= 0.6 is 11.8 Å². The van der Waals surface area contributed by atoms with E-state index in [-0.39, 0.29) is 18.2 Å². The third kappa shape index (κ3) is 6.33. The lowest BCUT2D eigenvalue weighted by molar-refractivity contribution is 0.0472. The number of amides is 1. The van der Waals surface area contributed by atoms with E-state index < -0.39 is 5.60 Å². The van der Waals surface area contributed by atoms with E-state index in [9.17, 15) is 4.79 Å². The molecular weight excluding hydrogens is 274 g/mol. The number of thioether (sulfide) groups is 1. The lowest BCUT2D eigenvalue weighted by Gasteiger charge is -2.34. The van der Waals surface area contributed by atoms with E-state index in [0.29, 0.717) is 6.54 Å². The van der Waals surface area contributed by atoms with Gasteiger partial charge in [0.1, 0.15) is 5.60 Å². The van der Waals surface area contributed by atoms with Crippen LogP contribution in [0.5, 0.6) is 0 Å². The molecule has 118 valence electrons. The zero-order valence-corrected chi connectivity index (χ0v) is 14.0. The Morgan fingerprint density at radius 3 is 2.70 bits per heavy atom. The van der Waals surface area contributed by atoms with Crippen molar-refractivity contribution in [3.63, 3.8) is 0 Å². The Kier molecular flexibility index (Phi) is 7.12. The van der Waals surface area contributed by atoms with Crippen LogP contribution in [0, 0.1) is 0 Å². The average Bonchev–Trinajstić information content (AvgIpc) is 2.56. The van der Waals surface area contributed by atoms with E-state index in [1.54, 1.807) is 0 Å². The summed E-state index contributed by atoms with van der Waals surface area (Å²) >= 11 is 1.99. The first-order valence-corrected chi connectivity index (χ1v) is 8.50. The summed E-state index contributed by atoms with van der Waals surface area (Å²) in [4.78, 5) is 14.2. The van der Waals surface area contributed by atoms with E-state index in [1.807, 2.05) is 39.5 Å². The summed E-state index contributed by atoms with van der Waals surface area (Å²) in [6, 6.07) is 0.152. The largest absolute Gasteiger partial charge is 0.444 e. The molecule has 0 aromatic rings. The smallest absolute Gasteiger partial charge is 0.407 e. The second-order valence-electron chi connectivity index (χ2n) is 6.24. The van der Waals surface area contributed by atoms with Crippen LogP contribution in [0.15, 0.2) is 0 Å². The zero-order valence-electron chi connectivity index (χ0n) is 13.1. The predicted molar refractivity (Wildman–Crippen MR) is 85.2 cm³/mol. The minimum atomic E-state index is -0.471. The summed E-state index contributed by atoms with van der Waals surface area (Å²) in [6.07, 6.45) is 0.813. The van der Waals surface area contributed by atoms with E-state index in [4.69, 9.17) is 10.5 Å². The highest BCUT2D eigenvalue weighted by atomic mass is 32.2. The minimum Gasteiger partial charge on any atom is -0.444 e. The Morgan fingerprint density at radius 1 is 1.40 bits per heavy atom. The number of nitrogens with one attached hydrogen (secondary N) is 1. The van der Waals surface area contributed by atoms with Crippen LogP contribution in [-0.2, 0) is 4.74 Å². The van der Waals surface area contributed by atoms with Gasteiger partial charge in [0.25, 0.3) is 0 Å². The van der Waals surface area contributed by atoms with Crippen molar-refractivity contribution in [3.05, 3.63) is 0 Å². The molecule has 0 radical (unpaired) electrons. The van der Waals surface area contributed by atoms with Gasteiger partial charge >= 0.3 is 6.09 Å². The number of carbonyl (C=O) groups is 1. The second-order valence-corrected chi connectivity index (χ2v) is 7.46. The van der Waals surface area contributed by atoms with Crippen molar-refractivity contribution < 1.29 is 9.53 Å². The predicted octanol–water partition coefficient (Wildman–Crippen LogP) is 1.67. The average molecular weight is 303 g/mol. The lowest BCUT2D eigenvalue weighted by atomic mass is 10.1. The van der Waals surface area contributed by atoms with Gasteiger partial charge in [-0.3, -0.25) is 4.90 Å². The Bertz CT molecular complexity index is 299. The van der Waals surface area contributed by atoms with Gasteiger partial charge in [0.15, 0.2) is 0 Å². The van der Waals surface area contributed by atoms with Gasteiger partial charge in [-0.2, -0.15) is 11.8 Å². The molecule has 0 aromatic carbocycles. The number of carbonyl (C=O) groups excluding carboxylic acids is 1. The maximum absolute atomic E-state index is 11.8. The molecule has 1 saturated heterocycles. The van der Waals surface area contributed by atoms with E-state index in [2.05, 4.69) is 10.2 Å². The highest BCUT2D eigenvalue weighted by molar-refractivity contribution is 7.99. The molecule has 5 nitrogen and oxygen atoms in total. The molecule has 0 aliphatic carbocycles. The van der Waals surface area contributed by atoms with Gasteiger partial charge in [0.2, 0.25) is 0 Å². The first-order chi connectivity index (χ1) is 9.33. The molecule has 2 atom stereocenters. The SMILES string of the molecule is CC(NC(=O)OC(C)(C)C)C(CN)N1CCCSCC1. The van der Waals surface area contributed by atoms with Gasteiger partial charge in [-0.1, -0.05) is 0 Å². The molecule has 2 unspecified atom stereocenters. The number of hydrogen-bond donors (Lipinski definition) is 2. The van der Waals surface area contributed by atoms with Gasteiger partial charge in [-0.05, 0) is 46.4 Å². The van der Waals surface area contributed by atoms with Gasteiger partial charge in [0.05, 0.1) is 0 Å². The second kappa shape index (κ2) is 8.10. The number of alkyl carbamates (subject to hydrolysis) is 1. The van der Waals surface area contributed by atoms with Crippen LogP contribution < -0.4 is 11.1 Å². The molecule has 1 rings (SSSR count). The number of rotatable bonds is 4. The topological polar surface area (TPSA) is 67.6 Å². The third-order valence-corrected chi connectivity index (χ3v) is 4.34. The summed E-state index contributed by atoms with van der Waals surface area (Å²) in [7, 11) is 0. The summed E-state index contributed by atoms with van der Waals surface area (Å²) in [5.41, 5.74) is 5.45. The van der Waals surface area contributed by atoms with Crippen molar-refractivity contribution in [1.29, 1.82) is 0 Å². The van der Waals surface area contributed by atoms with Crippen molar-refractivity contribution in [3.8, 4) is 0 Å². The van der Waals surface area contributed by atoms with E-state index >= 15 is 0 Å². The number of nitrogens with two attached hydrogens (primary N) is 1.